The second kappa shape index (κ2) is 6.56. The minimum absolute atomic E-state index is 0.0185. The van der Waals surface area contributed by atoms with Gasteiger partial charge in [-0.1, -0.05) is 15.9 Å². The summed E-state index contributed by atoms with van der Waals surface area (Å²) in [4.78, 5) is 16.3. The van der Waals surface area contributed by atoms with Crippen LogP contribution in [0.25, 0.3) is 11.0 Å². The summed E-state index contributed by atoms with van der Waals surface area (Å²) >= 11 is 3.16. The highest BCUT2D eigenvalue weighted by molar-refractivity contribution is 9.10. The molecule has 0 bridgehead atoms. The Hall–Kier alpha value is -2.48. The number of halogens is 2. The van der Waals surface area contributed by atoms with Gasteiger partial charge in [-0.05, 0) is 31.2 Å². The van der Waals surface area contributed by atoms with Crippen molar-refractivity contribution in [3.05, 3.63) is 46.4 Å². The molecule has 1 amide bonds. The minimum Gasteiger partial charge on any atom is -0.481 e. The van der Waals surface area contributed by atoms with Crippen molar-refractivity contribution in [1.82, 2.24) is 14.8 Å². The molecule has 0 saturated carbocycles. The molecule has 2 aromatic heterocycles. The van der Waals surface area contributed by atoms with E-state index in [-0.39, 0.29) is 12.4 Å². The van der Waals surface area contributed by atoms with E-state index < -0.39 is 11.7 Å². The van der Waals surface area contributed by atoms with Crippen molar-refractivity contribution in [2.24, 2.45) is 7.05 Å². The van der Waals surface area contributed by atoms with Crippen molar-refractivity contribution in [2.75, 3.05) is 11.9 Å². The molecular formula is C16H14BrFN4O2. The fourth-order valence-corrected chi connectivity index (χ4v) is 2.64. The molecule has 0 aliphatic rings. The average Bonchev–Trinajstić information content (AvgIpc) is 2.81. The normalized spacial score (nSPS) is 10.8. The van der Waals surface area contributed by atoms with E-state index in [0.717, 1.165) is 16.7 Å². The number of rotatable bonds is 4. The van der Waals surface area contributed by atoms with Crippen molar-refractivity contribution in [3.63, 3.8) is 0 Å². The van der Waals surface area contributed by atoms with Gasteiger partial charge in [0.1, 0.15) is 0 Å². The van der Waals surface area contributed by atoms with Crippen LogP contribution in [0.2, 0.25) is 0 Å². The van der Waals surface area contributed by atoms with E-state index in [1.165, 1.54) is 12.1 Å². The number of hydrogen-bond acceptors (Lipinski definition) is 4. The number of hydrogen-bond donors (Lipinski definition) is 1. The van der Waals surface area contributed by atoms with Crippen molar-refractivity contribution in [2.45, 2.75) is 6.92 Å². The zero-order chi connectivity index (χ0) is 17.3. The Labute approximate surface area is 145 Å². The van der Waals surface area contributed by atoms with Crippen molar-refractivity contribution < 1.29 is 13.9 Å². The van der Waals surface area contributed by atoms with Gasteiger partial charge in [-0.3, -0.25) is 9.48 Å². The monoisotopic (exact) mass is 392 g/mol. The zero-order valence-corrected chi connectivity index (χ0v) is 14.6. The molecular weight excluding hydrogens is 379 g/mol. The Morgan fingerprint density at radius 1 is 1.42 bits per heavy atom. The highest BCUT2D eigenvalue weighted by atomic mass is 79.9. The van der Waals surface area contributed by atoms with E-state index in [1.54, 1.807) is 30.1 Å². The second-order valence-electron chi connectivity index (χ2n) is 5.22. The van der Waals surface area contributed by atoms with Crippen LogP contribution in [-0.4, -0.2) is 27.3 Å². The zero-order valence-electron chi connectivity index (χ0n) is 13.0. The molecule has 8 heteroatoms. The Morgan fingerprint density at radius 3 is 2.96 bits per heavy atom. The number of aryl methyl sites for hydroxylation is 2. The van der Waals surface area contributed by atoms with Crippen molar-refractivity contribution >= 4 is 38.6 Å². The standard InChI is InChI=1S/C16H14BrFN4O2/c1-9-12-6-11(7-19-16(12)22(2)21-9)20-15(23)8-24-14-4-3-10(17)5-13(14)18/h3-7H,8H2,1-2H3,(H,20,23). The van der Waals surface area contributed by atoms with E-state index in [1.807, 2.05) is 6.92 Å². The largest absolute Gasteiger partial charge is 0.481 e. The van der Waals surface area contributed by atoms with Crippen LogP contribution in [0, 0.1) is 12.7 Å². The number of ether oxygens (including phenoxy) is 1. The number of fused-ring (bicyclic) bond motifs is 1. The van der Waals surface area contributed by atoms with Gasteiger partial charge in [0.25, 0.3) is 5.91 Å². The number of anilines is 1. The van der Waals surface area contributed by atoms with E-state index in [0.29, 0.717) is 10.2 Å². The predicted octanol–water partition coefficient (Wildman–Crippen LogP) is 3.20. The Morgan fingerprint density at radius 2 is 2.21 bits per heavy atom. The number of amides is 1. The molecule has 0 radical (unpaired) electrons. The van der Waals surface area contributed by atoms with Crippen LogP contribution in [0.3, 0.4) is 0 Å². The van der Waals surface area contributed by atoms with Crippen LogP contribution < -0.4 is 10.1 Å². The van der Waals surface area contributed by atoms with E-state index in [4.69, 9.17) is 4.74 Å². The Balaban J connectivity index is 1.67. The van der Waals surface area contributed by atoms with Crippen molar-refractivity contribution in [3.8, 4) is 5.75 Å². The summed E-state index contributed by atoms with van der Waals surface area (Å²) in [6.45, 7) is 1.57. The lowest BCUT2D eigenvalue weighted by molar-refractivity contribution is -0.118. The maximum Gasteiger partial charge on any atom is 0.262 e. The van der Waals surface area contributed by atoms with Crippen molar-refractivity contribution in [1.29, 1.82) is 0 Å². The van der Waals surface area contributed by atoms with Gasteiger partial charge >= 0.3 is 0 Å². The highest BCUT2D eigenvalue weighted by Crippen LogP contribution is 2.22. The molecule has 0 spiro atoms. The average molecular weight is 393 g/mol. The summed E-state index contributed by atoms with van der Waals surface area (Å²) in [7, 11) is 1.81. The fourth-order valence-electron chi connectivity index (χ4n) is 2.31. The van der Waals surface area contributed by atoms with Gasteiger partial charge in [-0.2, -0.15) is 5.10 Å². The molecule has 6 nitrogen and oxygen atoms in total. The molecule has 0 atom stereocenters. The molecule has 2 heterocycles. The first-order chi connectivity index (χ1) is 11.4. The van der Waals surface area contributed by atoms with Crippen LogP contribution in [0.1, 0.15) is 5.69 Å². The minimum atomic E-state index is -0.536. The topological polar surface area (TPSA) is 69.0 Å². The van der Waals surface area contributed by atoms with Crippen LogP contribution in [0.4, 0.5) is 10.1 Å². The van der Waals surface area contributed by atoms with Gasteiger partial charge in [0.05, 0.1) is 17.6 Å². The van der Waals surface area contributed by atoms with E-state index >= 15 is 0 Å². The van der Waals surface area contributed by atoms with E-state index in [9.17, 15) is 9.18 Å². The molecule has 0 aliphatic heterocycles. The van der Waals surface area contributed by atoms with Crippen LogP contribution in [-0.2, 0) is 11.8 Å². The molecule has 1 N–H and O–H groups in total. The summed E-state index contributed by atoms with van der Waals surface area (Å²) in [5.74, 6) is -0.920. The number of nitrogens with zero attached hydrogens (tertiary/aromatic N) is 3. The SMILES string of the molecule is Cc1nn(C)c2ncc(NC(=O)COc3ccc(Br)cc3F)cc12. The number of nitrogens with one attached hydrogen (secondary N) is 1. The highest BCUT2D eigenvalue weighted by Gasteiger charge is 2.11. The summed E-state index contributed by atoms with van der Waals surface area (Å²) in [6, 6.07) is 6.16. The van der Waals surface area contributed by atoms with Crippen LogP contribution >= 0.6 is 15.9 Å². The molecule has 0 aliphatic carbocycles. The van der Waals surface area contributed by atoms with Gasteiger partial charge in [-0.25, -0.2) is 9.37 Å². The molecule has 124 valence electrons. The molecule has 0 fully saturated rings. The number of benzene rings is 1. The molecule has 3 aromatic rings. The van der Waals surface area contributed by atoms with Gasteiger partial charge in [-0.15, -0.1) is 0 Å². The first-order valence-electron chi connectivity index (χ1n) is 7.11. The lowest BCUT2D eigenvalue weighted by Gasteiger charge is -2.08. The summed E-state index contributed by atoms with van der Waals surface area (Å²) in [5.41, 5.74) is 2.09. The van der Waals surface area contributed by atoms with Gasteiger partial charge in [0, 0.05) is 16.9 Å². The molecule has 0 unspecified atom stereocenters. The van der Waals surface area contributed by atoms with Gasteiger partial charge < -0.3 is 10.1 Å². The van der Waals surface area contributed by atoms with E-state index in [2.05, 4.69) is 31.3 Å². The maximum atomic E-state index is 13.6. The lowest BCUT2D eigenvalue weighted by atomic mass is 10.2. The maximum absolute atomic E-state index is 13.6. The fraction of sp³-hybridized carbons (Fsp3) is 0.188. The van der Waals surface area contributed by atoms with Gasteiger partial charge in [0.2, 0.25) is 0 Å². The number of carbonyl (C=O) groups excluding carboxylic acids is 1. The Bertz CT molecular complexity index is 926. The summed E-state index contributed by atoms with van der Waals surface area (Å²) in [5, 5.41) is 7.81. The number of carbonyl (C=O) groups is 1. The number of pyridine rings is 1. The third-order valence-corrected chi connectivity index (χ3v) is 3.89. The first kappa shape index (κ1) is 16.4. The van der Waals surface area contributed by atoms with Crippen LogP contribution in [0.15, 0.2) is 34.9 Å². The third kappa shape index (κ3) is 3.38. The third-order valence-electron chi connectivity index (χ3n) is 3.40. The second-order valence-corrected chi connectivity index (χ2v) is 6.13. The first-order valence-corrected chi connectivity index (χ1v) is 7.90. The molecule has 24 heavy (non-hydrogen) atoms. The molecule has 1 aromatic carbocycles. The summed E-state index contributed by atoms with van der Waals surface area (Å²) < 4.78 is 21.1. The number of aromatic nitrogens is 3. The quantitative estimate of drug-likeness (QED) is 0.739. The van der Waals surface area contributed by atoms with Crippen LogP contribution in [0.5, 0.6) is 5.75 Å². The Kier molecular flexibility index (Phi) is 4.48. The predicted molar refractivity (Wildman–Crippen MR) is 91.5 cm³/mol. The summed E-state index contributed by atoms with van der Waals surface area (Å²) in [6.07, 6.45) is 1.54. The lowest BCUT2D eigenvalue weighted by Crippen LogP contribution is -2.20. The molecule has 0 saturated heterocycles. The smallest absolute Gasteiger partial charge is 0.262 e. The molecule has 3 rings (SSSR count). The van der Waals surface area contributed by atoms with Gasteiger partial charge in [0.15, 0.2) is 23.8 Å².